The first-order valence-electron chi connectivity index (χ1n) is 14.5. The van der Waals surface area contributed by atoms with Gasteiger partial charge < -0.3 is 4.57 Å². The van der Waals surface area contributed by atoms with Gasteiger partial charge in [0.1, 0.15) is 0 Å². The Morgan fingerprint density at radius 2 is 1.07 bits per heavy atom. The Bertz CT molecular complexity index is 2140. The Morgan fingerprint density at radius 3 is 1.53 bits per heavy atom. The molecule has 7 aromatic rings. The summed E-state index contributed by atoms with van der Waals surface area (Å²) in [6, 6.07) is 45.0. The maximum Gasteiger partial charge on any atom is 0.171 e. The normalized spacial score (nSPS) is 12.8. The summed E-state index contributed by atoms with van der Waals surface area (Å²) in [5, 5.41) is 8.89. The van der Waals surface area contributed by atoms with Crippen molar-refractivity contribution in [3.8, 4) is 0 Å². The molecule has 0 aliphatic carbocycles. The smallest absolute Gasteiger partial charge is 0.171 e. The van der Waals surface area contributed by atoms with Gasteiger partial charge in [0.2, 0.25) is 0 Å². The summed E-state index contributed by atoms with van der Waals surface area (Å²) in [6.07, 6.45) is 5.95. The van der Waals surface area contributed by atoms with E-state index in [1.54, 1.807) is 6.08 Å². The van der Waals surface area contributed by atoms with Crippen LogP contribution in [-0.2, 0) is 4.57 Å². The predicted octanol–water partition coefficient (Wildman–Crippen LogP) is 10.2. The zero-order valence-electron chi connectivity index (χ0n) is 23.9. The van der Waals surface area contributed by atoms with Crippen LogP contribution < -0.4 is 10.6 Å². The molecule has 0 bridgehead atoms. The summed E-state index contributed by atoms with van der Waals surface area (Å²) >= 11 is 0. The third-order valence-corrected chi connectivity index (χ3v) is 11.4. The average molecular weight is 572 g/mol. The number of pyridine rings is 1. The third kappa shape index (κ3) is 4.43. The van der Waals surface area contributed by atoms with Gasteiger partial charge in [0.25, 0.3) is 0 Å². The molecule has 1 heterocycles. The number of hydrogen-bond donors (Lipinski definition) is 0. The first kappa shape index (κ1) is 26.8. The van der Waals surface area contributed by atoms with Crippen LogP contribution >= 0.6 is 7.14 Å². The second-order valence-corrected chi connectivity index (χ2v) is 13.4. The molecule has 0 saturated heterocycles. The lowest BCUT2D eigenvalue weighted by molar-refractivity contribution is 0.591. The van der Waals surface area contributed by atoms with E-state index in [0.717, 1.165) is 65.1 Å². The van der Waals surface area contributed by atoms with Crippen molar-refractivity contribution in [3.63, 3.8) is 0 Å². The summed E-state index contributed by atoms with van der Waals surface area (Å²) in [5.74, 6) is 0. The van der Waals surface area contributed by atoms with Crippen molar-refractivity contribution < 1.29 is 4.57 Å². The van der Waals surface area contributed by atoms with Crippen molar-refractivity contribution in [3.05, 3.63) is 169 Å². The fourth-order valence-electron chi connectivity index (χ4n) is 6.18. The molecule has 0 spiro atoms. The number of rotatable bonds is 6. The highest BCUT2D eigenvalue weighted by atomic mass is 31.2. The first-order valence-corrected chi connectivity index (χ1v) is 16.2. The number of benzene rings is 6. The Kier molecular flexibility index (Phi) is 6.86. The molecule has 0 unspecified atom stereocenters. The molecule has 7 rings (SSSR count). The maximum atomic E-state index is 15.3. The summed E-state index contributed by atoms with van der Waals surface area (Å²) in [4.78, 5) is 5.33. The quantitative estimate of drug-likeness (QED) is 0.0860. The highest BCUT2D eigenvalue weighted by Gasteiger charge is 2.31. The number of hydrogen-bond acceptors (Lipinski definition) is 2. The average Bonchev–Trinajstić information content (AvgIpc) is 3.08. The van der Waals surface area contributed by atoms with Gasteiger partial charge in [0, 0.05) is 43.0 Å². The van der Waals surface area contributed by atoms with Crippen LogP contribution in [0.3, 0.4) is 0 Å². The minimum absolute atomic E-state index is 0.692. The first-order chi connectivity index (χ1) is 21.1. The zero-order valence-corrected chi connectivity index (χ0v) is 24.8. The van der Waals surface area contributed by atoms with Crippen molar-refractivity contribution >= 4 is 66.7 Å². The lowest BCUT2D eigenvalue weighted by Gasteiger charge is -2.22. The van der Waals surface area contributed by atoms with Crippen LogP contribution in [0.2, 0.25) is 0 Å². The summed E-state index contributed by atoms with van der Waals surface area (Å²) in [7, 11) is -3.23. The minimum Gasteiger partial charge on any atom is -0.309 e. The molecule has 0 saturated carbocycles. The molecule has 0 aliphatic rings. The van der Waals surface area contributed by atoms with Gasteiger partial charge in [0.05, 0.1) is 11.0 Å². The van der Waals surface area contributed by atoms with E-state index in [1.165, 1.54) is 0 Å². The molecule has 206 valence electrons. The van der Waals surface area contributed by atoms with Crippen molar-refractivity contribution in [2.45, 2.75) is 6.92 Å². The van der Waals surface area contributed by atoms with Crippen LogP contribution in [0.5, 0.6) is 0 Å². The lowest BCUT2D eigenvalue weighted by atomic mass is 9.92. The van der Waals surface area contributed by atoms with E-state index in [-0.39, 0.29) is 0 Å². The van der Waals surface area contributed by atoms with E-state index in [0.29, 0.717) is 5.31 Å². The molecule has 1 aromatic heterocycles. The van der Waals surface area contributed by atoms with E-state index in [2.05, 4.69) is 91.5 Å². The van der Waals surface area contributed by atoms with E-state index in [4.69, 9.17) is 4.98 Å². The van der Waals surface area contributed by atoms with Crippen molar-refractivity contribution in [2.75, 3.05) is 0 Å². The SMILES string of the molecule is C=C/C(=C\C(=C/C)c1c2ccc3ccccc3c2nc2c1ccc1ccccc12)P(=O)(c1ccccc1)c1ccccc1. The van der Waals surface area contributed by atoms with Crippen molar-refractivity contribution in [1.82, 2.24) is 4.98 Å². The van der Waals surface area contributed by atoms with Crippen LogP contribution in [0.1, 0.15) is 12.5 Å². The zero-order chi connectivity index (χ0) is 29.4. The van der Waals surface area contributed by atoms with Gasteiger partial charge in [-0.05, 0) is 29.3 Å². The van der Waals surface area contributed by atoms with Gasteiger partial charge in [-0.15, -0.1) is 0 Å². The Hall–Kier alpha value is -5.04. The van der Waals surface area contributed by atoms with Gasteiger partial charge in [0.15, 0.2) is 7.14 Å². The van der Waals surface area contributed by atoms with Crippen LogP contribution in [0, 0.1) is 0 Å². The standard InChI is InChI=1S/C40H30NOP/c1-3-28(27-31(4-2)43(42,32-17-7-5-8-18-32)33-19-9-6-10-20-33)38-36-25-23-29-15-11-13-21-34(29)39(36)41-40-35-22-14-12-16-30(35)24-26-37(38)40/h3-27H,2H2,1H3/b28-3+,31-27+. The van der Waals surface area contributed by atoms with E-state index >= 15 is 4.57 Å². The lowest BCUT2D eigenvalue weighted by Crippen LogP contribution is -2.17. The molecular weight excluding hydrogens is 541 g/mol. The number of aromatic nitrogens is 1. The van der Waals surface area contributed by atoms with Crippen LogP contribution in [0.25, 0.3) is 48.9 Å². The molecule has 2 nitrogen and oxygen atoms in total. The molecule has 6 aromatic carbocycles. The largest absolute Gasteiger partial charge is 0.309 e. The van der Waals surface area contributed by atoms with Crippen LogP contribution in [0.15, 0.2) is 164 Å². The molecule has 43 heavy (non-hydrogen) atoms. The monoisotopic (exact) mass is 571 g/mol. The van der Waals surface area contributed by atoms with E-state index in [9.17, 15) is 0 Å². The molecule has 0 atom stereocenters. The fraction of sp³-hybridized carbons (Fsp3) is 0.0250. The summed E-state index contributed by atoms with van der Waals surface area (Å²) in [6.45, 7) is 6.23. The Balaban J connectivity index is 1.58. The minimum atomic E-state index is -3.23. The summed E-state index contributed by atoms with van der Waals surface area (Å²) in [5.41, 5.74) is 3.97. The van der Waals surface area contributed by atoms with Crippen LogP contribution in [-0.4, -0.2) is 4.98 Å². The van der Waals surface area contributed by atoms with Crippen LogP contribution in [0.4, 0.5) is 0 Å². The second kappa shape index (κ2) is 11.0. The molecule has 0 fully saturated rings. The number of nitrogens with zero attached hydrogens (tertiary/aromatic N) is 1. The van der Waals surface area contributed by atoms with Gasteiger partial charge in [-0.25, -0.2) is 4.98 Å². The molecular formula is C40H30NOP. The predicted molar refractivity (Wildman–Crippen MR) is 186 cm³/mol. The van der Waals surface area contributed by atoms with Gasteiger partial charge in [-0.2, -0.15) is 0 Å². The molecule has 0 N–H and O–H groups in total. The molecule has 0 aliphatic heterocycles. The van der Waals surface area contributed by atoms with Crippen molar-refractivity contribution in [2.24, 2.45) is 0 Å². The highest BCUT2D eigenvalue weighted by molar-refractivity contribution is 7.82. The van der Waals surface area contributed by atoms with Gasteiger partial charge >= 0.3 is 0 Å². The Labute approximate surface area is 251 Å². The summed E-state index contributed by atoms with van der Waals surface area (Å²) < 4.78 is 15.3. The third-order valence-electron chi connectivity index (χ3n) is 8.28. The molecule has 0 radical (unpaired) electrons. The van der Waals surface area contributed by atoms with Gasteiger partial charge in [-0.3, -0.25) is 0 Å². The van der Waals surface area contributed by atoms with Crippen molar-refractivity contribution in [1.29, 1.82) is 0 Å². The van der Waals surface area contributed by atoms with E-state index < -0.39 is 7.14 Å². The second-order valence-electron chi connectivity index (χ2n) is 10.7. The Morgan fingerprint density at radius 1 is 0.605 bits per heavy atom. The molecule has 3 heteroatoms. The number of fused-ring (bicyclic) bond motifs is 6. The molecule has 0 amide bonds. The van der Waals surface area contributed by atoms with E-state index in [1.807, 2.05) is 67.6 Å². The highest BCUT2D eigenvalue weighted by Crippen LogP contribution is 2.53. The topological polar surface area (TPSA) is 30.0 Å². The van der Waals surface area contributed by atoms with Gasteiger partial charge in [-0.1, -0.05) is 152 Å². The maximum absolute atomic E-state index is 15.3. The number of allylic oxidation sites excluding steroid dienone is 5. The fourth-order valence-corrected chi connectivity index (χ4v) is 8.84.